The zero-order valence-electron chi connectivity index (χ0n) is 14.4. The molecule has 0 aliphatic carbocycles. The minimum Gasteiger partial charge on any atom is -0.351 e. The Morgan fingerprint density at radius 2 is 2.04 bits per heavy atom. The second-order valence-electron chi connectivity index (χ2n) is 5.78. The molecule has 3 rings (SSSR count). The molecule has 0 unspecified atom stereocenters. The first-order valence-electron chi connectivity index (χ1n) is 7.32. The molecule has 2 aromatic heterocycles. The topological polar surface area (TPSA) is 81.1 Å². The number of aromatic nitrogens is 2. The van der Waals surface area contributed by atoms with Crippen LogP contribution in [0.2, 0.25) is 0 Å². The molecule has 2 heterocycles. The van der Waals surface area contributed by atoms with Gasteiger partial charge in [-0.3, -0.25) is 14.5 Å². The van der Waals surface area contributed by atoms with Crippen LogP contribution in [-0.4, -0.2) is 30.0 Å². The van der Waals surface area contributed by atoms with Crippen LogP contribution in [0.25, 0.3) is 11.0 Å². The van der Waals surface area contributed by atoms with Gasteiger partial charge >= 0.3 is 0 Å². The maximum absolute atomic E-state index is 14.8. The predicted molar refractivity (Wildman–Crippen MR) is 92.6 cm³/mol. The van der Waals surface area contributed by atoms with E-state index in [2.05, 4.69) is 15.8 Å². The van der Waals surface area contributed by atoms with Crippen molar-refractivity contribution in [3.63, 3.8) is 0 Å². The van der Waals surface area contributed by atoms with Gasteiger partial charge in [-0.05, 0) is 30.3 Å². The number of nitrogens with zero attached hydrogens (tertiary/aromatic N) is 2. The van der Waals surface area contributed by atoms with Gasteiger partial charge in [-0.1, -0.05) is 12.3 Å². The molecule has 3 aromatic rings. The van der Waals surface area contributed by atoms with Crippen LogP contribution in [0.4, 0.5) is 10.1 Å². The van der Waals surface area contributed by atoms with Gasteiger partial charge in [0.05, 0.1) is 23.2 Å². The molecule has 1 aromatic carbocycles. The molecule has 1 N–H and O–H groups in total. The zero-order chi connectivity index (χ0) is 18.4. The number of pyridine rings is 1. The van der Waals surface area contributed by atoms with Gasteiger partial charge in [0, 0.05) is 39.8 Å². The summed E-state index contributed by atoms with van der Waals surface area (Å²) in [5.74, 6) is -1.44. The molecule has 26 heavy (non-hydrogen) atoms. The van der Waals surface area contributed by atoms with E-state index in [0.717, 1.165) is 6.26 Å². The third-order valence-corrected chi connectivity index (χ3v) is 4.38. The molecule has 0 atom stereocenters. The number of carbonyl (C=O) groups excluding carboxylic acids is 1. The molecule has 133 valence electrons. The minimum absolute atomic E-state index is 0. The third kappa shape index (κ3) is 3.87. The Kier molecular flexibility index (Phi) is 6.00. The number of anilines is 1. The maximum Gasteiger partial charge on any atom is 0.229 e. The van der Waals surface area contributed by atoms with Crippen molar-refractivity contribution in [1.82, 2.24) is 9.55 Å². The van der Waals surface area contributed by atoms with E-state index < -0.39 is 21.6 Å². The predicted octanol–water partition coefficient (Wildman–Crippen LogP) is 2.42. The number of sulfonamides is 1. The Bertz CT molecular complexity index is 1110. The SMILES string of the molecule is Cc1ccc(NS(C)(=O)=O)c(F)c1C(=O)c1cn(C)c2nc[c-]cc12.[Y]. The van der Waals surface area contributed by atoms with Crippen molar-refractivity contribution in [2.45, 2.75) is 6.92 Å². The fraction of sp³-hybridized carbons (Fsp3) is 0.176. The molecule has 0 aliphatic rings. The molecule has 0 saturated heterocycles. The number of carbonyl (C=O) groups is 1. The Balaban J connectivity index is 0.00000243. The summed E-state index contributed by atoms with van der Waals surface area (Å²) in [7, 11) is -1.94. The quantitative estimate of drug-likeness (QED) is 0.490. The van der Waals surface area contributed by atoms with Crippen molar-refractivity contribution < 1.29 is 50.3 Å². The number of hydrogen-bond donors (Lipinski definition) is 1. The van der Waals surface area contributed by atoms with E-state index in [9.17, 15) is 17.6 Å². The fourth-order valence-electron chi connectivity index (χ4n) is 2.70. The number of halogens is 1. The molecule has 6 nitrogen and oxygen atoms in total. The summed E-state index contributed by atoms with van der Waals surface area (Å²) >= 11 is 0. The number of hydrogen-bond acceptors (Lipinski definition) is 4. The molecular weight excluding hydrogens is 434 g/mol. The molecule has 0 saturated carbocycles. The molecule has 0 fully saturated rings. The van der Waals surface area contributed by atoms with Crippen LogP contribution in [-0.2, 0) is 49.8 Å². The molecule has 0 amide bonds. The van der Waals surface area contributed by atoms with E-state index in [1.54, 1.807) is 30.8 Å². The number of aryl methyl sites for hydroxylation is 2. The van der Waals surface area contributed by atoms with Gasteiger partial charge < -0.3 is 4.57 Å². The molecule has 0 spiro atoms. The Labute approximate surface area is 175 Å². The normalized spacial score (nSPS) is 11.2. The summed E-state index contributed by atoms with van der Waals surface area (Å²) in [6.45, 7) is 1.59. The van der Waals surface area contributed by atoms with E-state index in [0.29, 0.717) is 16.6 Å². The van der Waals surface area contributed by atoms with Crippen molar-refractivity contribution >= 4 is 32.5 Å². The molecule has 1 radical (unpaired) electrons. The summed E-state index contributed by atoms with van der Waals surface area (Å²) in [6.07, 6.45) is 3.97. The largest absolute Gasteiger partial charge is 0.351 e. The molecule has 0 aliphatic heterocycles. The molecule has 0 bridgehead atoms. The second-order valence-corrected chi connectivity index (χ2v) is 7.53. The van der Waals surface area contributed by atoms with Crippen molar-refractivity contribution in [2.75, 3.05) is 11.0 Å². The van der Waals surface area contributed by atoms with E-state index in [1.165, 1.54) is 18.3 Å². The van der Waals surface area contributed by atoms with Gasteiger partial charge in [-0.25, -0.2) is 24.9 Å². The van der Waals surface area contributed by atoms with Gasteiger partial charge in [0.15, 0.2) is 11.6 Å². The van der Waals surface area contributed by atoms with Crippen LogP contribution in [0, 0.1) is 18.8 Å². The summed E-state index contributed by atoms with van der Waals surface area (Å²) in [4.78, 5) is 17.1. The molecule has 9 heteroatoms. The van der Waals surface area contributed by atoms with Gasteiger partial charge in [-0.2, -0.15) is 0 Å². The Hall–Kier alpha value is -1.64. The minimum atomic E-state index is -3.67. The van der Waals surface area contributed by atoms with Crippen LogP contribution in [0.1, 0.15) is 21.5 Å². The first kappa shape index (κ1) is 20.7. The van der Waals surface area contributed by atoms with Gasteiger partial charge in [-0.15, -0.1) is 5.39 Å². The third-order valence-electron chi connectivity index (χ3n) is 3.79. The summed E-state index contributed by atoms with van der Waals surface area (Å²) in [6, 6.07) is 7.21. The first-order chi connectivity index (χ1) is 11.7. The smallest absolute Gasteiger partial charge is 0.229 e. The fourth-order valence-corrected chi connectivity index (χ4v) is 3.26. The van der Waals surface area contributed by atoms with Gasteiger partial charge in [0.2, 0.25) is 10.0 Å². The number of fused-ring (bicyclic) bond motifs is 1. The van der Waals surface area contributed by atoms with Crippen molar-refractivity contribution in [2.24, 2.45) is 7.05 Å². The van der Waals surface area contributed by atoms with Crippen LogP contribution in [0.5, 0.6) is 0 Å². The van der Waals surface area contributed by atoms with E-state index in [-0.39, 0.29) is 49.5 Å². The van der Waals surface area contributed by atoms with Gasteiger partial charge in [0.1, 0.15) is 0 Å². The van der Waals surface area contributed by atoms with Crippen LogP contribution < -0.4 is 4.72 Å². The monoisotopic (exact) mass is 449 g/mol. The average molecular weight is 449 g/mol. The van der Waals surface area contributed by atoms with E-state index in [4.69, 9.17) is 0 Å². The number of benzene rings is 1. The first-order valence-corrected chi connectivity index (χ1v) is 9.21. The van der Waals surface area contributed by atoms with Gasteiger partial charge in [0.25, 0.3) is 0 Å². The summed E-state index contributed by atoms with van der Waals surface area (Å²) < 4.78 is 41.4. The number of rotatable bonds is 4. The standard InChI is InChI=1S/C17H15FN3O3S.Y/c1-10-6-7-13(20-25(3,23)24)15(18)14(10)16(22)12-9-21(2)17-11(12)5-4-8-19-17;/h5-9,20H,1-3H3;/q-1;. The molecular formula is C17H15FN3O3SY-. The average Bonchev–Trinajstić information content (AvgIpc) is 2.87. The number of nitrogens with one attached hydrogen (secondary N) is 1. The van der Waals surface area contributed by atoms with Crippen LogP contribution >= 0.6 is 0 Å². The number of ketones is 1. The zero-order valence-corrected chi connectivity index (χ0v) is 18.0. The maximum atomic E-state index is 14.8. The Morgan fingerprint density at radius 3 is 2.69 bits per heavy atom. The Morgan fingerprint density at radius 1 is 1.35 bits per heavy atom. The second kappa shape index (κ2) is 7.54. The summed E-state index contributed by atoms with van der Waals surface area (Å²) in [5, 5.41) is 0.551. The van der Waals surface area contributed by atoms with E-state index in [1.807, 2.05) is 0 Å². The van der Waals surface area contributed by atoms with Crippen LogP contribution in [0.3, 0.4) is 0 Å². The van der Waals surface area contributed by atoms with Crippen LogP contribution in [0.15, 0.2) is 30.6 Å². The van der Waals surface area contributed by atoms with Crippen molar-refractivity contribution in [3.8, 4) is 0 Å². The van der Waals surface area contributed by atoms with Crippen molar-refractivity contribution in [3.05, 3.63) is 59.2 Å². The summed E-state index contributed by atoms with van der Waals surface area (Å²) in [5.41, 5.74) is 0.823. The van der Waals surface area contributed by atoms with Crippen molar-refractivity contribution in [1.29, 1.82) is 0 Å². The van der Waals surface area contributed by atoms with E-state index >= 15 is 0 Å².